The van der Waals surface area contributed by atoms with Crippen molar-refractivity contribution >= 4 is 67.2 Å². The van der Waals surface area contributed by atoms with Crippen LogP contribution in [-0.2, 0) is 19.6 Å². The maximum absolute atomic E-state index is 12.2. The van der Waals surface area contributed by atoms with Crippen LogP contribution in [0.5, 0.6) is 5.75 Å². The number of esters is 1. The fourth-order valence-corrected chi connectivity index (χ4v) is 4.73. The van der Waals surface area contributed by atoms with E-state index in [1.807, 2.05) is 12.1 Å². The van der Waals surface area contributed by atoms with Gasteiger partial charge in [-0.1, -0.05) is 6.07 Å². The summed E-state index contributed by atoms with van der Waals surface area (Å²) in [5.74, 6) is -1.94. The molecule has 3 rings (SSSR count). The summed E-state index contributed by atoms with van der Waals surface area (Å²) in [6.45, 7) is -0.545. The van der Waals surface area contributed by atoms with Crippen molar-refractivity contribution in [2.24, 2.45) is 0 Å². The first kappa shape index (κ1) is 22.1. The van der Waals surface area contributed by atoms with E-state index in [-0.39, 0.29) is 15.5 Å². The van der Waals surface area contributed by atoms with Crippen molar-refractivity contribution in [2.75, 3.05) is 16.6 Å². The number of phenolic OH excluding ortho intramolecular Hbond substituents is 1. The van der Waals surface area contributed by atoms with Crippen LogP contribution in [0, 0.1) is 3.57 Å². The minimum Gasteiger partial charge on any atom is -0.507 e. The number of amides is 1. The number of anilines is 2. The number of rotatable bonds is 7. The number of sulfonamides is 1. The molecule has 8 nitrogen and oxygen atoms in total. The van der Waals surface area contributed by atoms with Gasteiger partial charge in [-0.05, 0) is 70.4 Å². The quantitative estimate of drug-likeness (QED) is 0.301. The van der Waals surface area contributed by atoms with Crippen molar-refractivity contribution in [3.63, 3.8) is 0 Å². The lowest BCUT2D eigenvalue weighted by atomic mass is 10.2. The first-order valence-corrected chi connectivity index (χ1v) is 11.8. The Bertz CT molecular complexity index is 1160. The molecule has 2 aromatic carbocycles. The Balaban J connectivity index is 1.59. The molecule has 0 unspecified atom stereocenters. The SMILES string of the molecule is O=C(COC(=O)c1ccc(NS(=O)(=O)c2cccs2)cc1O)Nc1ccc(I)cc1. The van der Waals surface area contributed by atoms with Crippen LogP contribution in [0.1, 0.15) is 10.4 Å². The van der Waals surface area contributed by atoms with Gasteiger partial charge in [-0.15, -0.1) is 11.3 Å². The van der Waals surface area contributed by atoms with Crippen molar-refractivity contribution in [3.05, 3.63) is 69.1 Å². The third-order valence-corrected chi connectivity index (χ3v) is 7.19. The standard InChI is InChI=1S/C19H15IN2O6S2/c20-12-3-5-13(6-4-12)21-17(24)11-28-19(25)15-8-7-14(10-16(15)23)22-30(26,27)18-2-1-9-29-18/h1-10,22-23H,11H2,(H,21,24). The lowest BCUT2D eigenvalue weighted by molar-refractivity contribution is -0.119. The fraction of sp³-hybridized carbons (Fsp3) is 0.0526. The smallest absolute Gasteiger partial charge is 0.342 e. The van der Waals surface area contributed by atoms with Crippen LogP contribution < -0.4 is 10.0 Å². The maximum Gasteiger partial charge on any atom is 0.342 e. The van der Waals surface area contributed by atoms with E-state index < -0.39 is 34.3 Å². The van der Waals surface area contributed by atoms with E-state index in [1.54, 1.807) is 23.6 Å². The van der Waals surface area contributed by atoms with Gasteiger partial charge in [0.05, 0.1) is 5.69 Å². The largest absolute Gasteiger partial charge is 0.507 e. The van der Waals surface area contributed by atoms with Crippen LogP contribution >= 0.6 is 33.9 Å². The zero-order chi connectivity index (χ0) is 21.7. The summed E-state index contributed by atoms with van der Waals surface area (Å²) in [5.41, 5.74) is 0.437. The number of phenols is 1. The average Bonchev–Trinajstić information content (AvgIpc) is 3.24. The molecule has 11 heteroatoms. The van der Waals surface area contributed by atoms with E-state index in [4.69, 9.17) is 4.74 Å². The van der Waals surface area contributed by atoms with Gasteiger partial charge in [0.2, 0.25) is 0 Å². The highest BCUT2D eigenvalue weighted by Gasteiger charge is 2.18. The highest BCUT2D eigenvalue weighted by molar-refractivity contribution is 14.1. The number of benzene rings is 2. The molecule has 0 spiro atoms. The number of aromatic hydroxyl groups is 1. The molecule has 0 saturated heterocycles. The van der Waals surface area contributed by atoms with Gasteiger partial charge >= 0.3 is 5.97 Å². The molecule has 3 N–H and O–H groups in total. The molecule has 0 aliphatic heterocycles. The van der Waals surface area contributed by atoms with E-state index in [2.05, 4.69) is 32.6 Å². The maximum atomic E-state index is 12.2. The number of hydrogen-bond acceptors (Lipinski definition) is 7. The molecule has 0 radical (unpaired) electrons. The summed E-state index contributed by atoms with van der Waals surface area (Å²) in [5, 5.41) is 14.3. The monoisotopic (exact) mass is 558 g/mol. The van der Waals surface area contributed by atoms with Crippen molar-refractivity contribution in [1.82, 2.24) is 0 Å². The molecule has 0 bridgehead atoms. The normalized spacial score (nSPS) is 11.0. The van der Waals surface area contributed by atoms with Crippen LogP contribution in [0.4, 0.5) is 11.4 Å². The summed E-state index contributed by atoms with van der Waals surface area (Å²) in [7, 11) is -3.79. The van der Waals surface area contributed by atoms with Crippen LogP contribution in [0.3, 0.4) is 0 Å². The number of carbonyl (C=O) groups excluding carboxylic acids is 2. The van der Waals surface area contributed by atoms with Gasteiger partial charge in [0.1, 0.15) is 15.5 Å². The lowest BCUT2D eigenvalue weighted by Crippen LogP contribution is -2.21. The first-order chi connectivity index (χ1) is 14.2. The molecule has 0 atom stereocenters. The van der Waals surface area contributed by atoms with Crippen molar-refractivity contribution < 1.29 is 27.9 Å². The lowest BCUT2D eigenvalue weighted by Gasteiger charge is -2.10. The zero-order valence-corrected chi connectivity index (χ0v) is 19.0. The third kappa shape index (κ3) is 5.70. The van der Waals surface area contributed by atoms with Crippen LogP contribution in [0.15, 0.2) is 64.2 Å². The fourth-order valence-electron chi connectivity index (χ4n) is 2.33. The number of thiophene rings is 1. The molecule has 0 aliphatic carbocycles. The molecule has 156 valence electrons. The van der Waals surface area contributed by atoms with Crippen molar-refractivity contribution in [2.45, 2.75) is 4.21 Å². The summed E-state index contributed by atoms with van der Waals surface area (Å²) >= 11 is 3.18. The molecule has 1 heterocycles. The average molecular weight is 558 g/mol. The number of carbonyl (C=O) groups is 2. The van der Waals surface area contributed by atoms with Crippen molar-refractivity contribution in [3.8, 4) is 5.75 Å². The molecule has 1 aromatic heterocycles. The topological polar surface area (TPSA) is 122 Å². The van der Waals surface area contributed by atoms with Gasteiger partial charge in [0, 0.05) is 15.3 Å². The zero-order valence-electron chi connectivity index (χ0n) is 15.2. The minimum atomic E-state index is -3.79. The molecular formula is C19H15IN2O6S2. The Morgan fingerprint density at radius 1 is 1.07 bits per heavy atom. The Labute approximate surface area is 190 Å². The predicted molar refractivity (Wildman–Crippen MR) is 121 cm³/mol. The molecule has 30 heavy (non-hydrogen) atoms. The van der Waals surface area contributed by atoms with E-state index in [1.165, 1.54) is 18.2 Å². The summed E-state index contributed by atoms with van der Waals surface area (Å²) in [4.78, 5) is 24.1. The van der Waals surface area contributed by atoms with Gasteiger partial charge in [-0.25, -0.2) is 13.2 Å². The van der Waals surface area contributed by atoms with E-state index in [0.29, 0.717) is 5.69 Å². The molecular weight excluding hydrogens is 543 g/mol. The third-order valence-electron chi connectivity index (χ3n) is 3.69. The van der Waals surface area contributed by atoms with Crippen LogP contribution in [-0.4, -0.2) is 32.0 Å². The van der Waals surface area contributed by atoms with E-state index in [9.17, 15) is 23.1 Å². The number of hydrogen-bond donors (Lipinski definition) is 3. The molecule has 1 amide bonds. The Kier molecular flexibility index (Phi) is 6.95. The van der Waals surface area contributed by atoms with Crippen LogP contribution in [0.25, 0.3) is 0 Å². The van der Waals surface area contributed by atoms with Gasteiger partial charge in [-0.3, -0.25) is 9.52 Å². The summed E-state index contributed by atoms with van der Waals surface area (Å²) in [6, 6.07) is 13.7. The number of halogens is 1. The number of ether oxygens (including phenoxy) is 1. The van der Waals surface area contributed by atoms with E-state index >= 15 is 0 Å². The van der Waals surface area contributed by atoms with Gasteiger partial charge in [-0.2, -0.15) is 0 Å². The highest BCUT2D eigenvalue weighted by atomic mass is 127. The summed E-state index contributed by atoms with van der Waals surface area (Å²) in [6.07, 6.45) is 0. The Morgan fingerprint density at radius 3 is 2.40 bits per heavy atom. The molecule has 0 aliphatic rings. The Hall–Kier alpha value is -2.64. The second-order valence-corrected chi connectivity index (χ2v) is 10.0. The number of nitrogens with one attached hydrogen (secondary N) is 2. The molecule has 0 saturated carbocycles. The molecule has 0 fully saturated rings. The highest BCUT2D eigenvalue weighted by Crippen LogP contribution is 2.26. The predicted octanol–water partition coefficient (Wildman–Crippen LogP) is 3.65. The second kappa shape index (κ2) is 9.45. The minimum absolute atomic E-state index is 0.0777. The van der Waals surface area contributed by atoms with Crippen LogP contribution in [0.2, 0.25) is 0 Å². The van der Waals surface area contributed by atoms with E-state index in [0.717, 1.165) is 21.0 Å². The first-order valence-electron chi connectivity index (χ1n) is 8.36. The van der Waals surface area contributed by atoms with Crippen molar-refractivity contribution in [1.29, 1.82) is 0 Å². The Morgan fingerprint density at radius 2 is 1.77 bits per heavy atom. The second-order valence-electron chi connectivity index (χ2n) is 5.90. The van der Waals surface area contributed by atoms with Gasteiger partial charge < -0.3 is 15.2 Å². The van der Waals surface area contributed by atoms with Gasteiger partial charge in [0.15, 0.2) is 6.61 Å². The van der Waals surface area contributed by atoms with Gasteiger partial charge in [0.25, 0.3) is 15.9 Å². The summed E-state index contributed by atoms with van der Waals surface area (Å²) < 4.78 is 32.8. The molecule has 3 aromatic rings.